The van der Waals surface area contributed by atoms with Crippen LogP contribution in [-0.2, 0) is 9.59 Å². The summed E-state index contributed by atoms with van der Waals surface area (Å²) in [4.78, 5) is 24.2. The topological polar surface area (TPSA) is 76.7 Å². The van der Waals surface area contributed by atoms with Crippen LogP contribution in [0.4, 0.5) is 5.69 Å². The van der Waals surface area contributed by atoms with Crippen molar-refractivity contribution in [2.24, 2.45) is 0 Å². The molecule has 2 N–H and O–H groups in total. The second-order valence-electron chi connectivity index (χ2n) is 7.05. The van der Waals surface area contributed by atoms with E-state index >= 15 is 0 Å². The summed E-state index contributed by atoms with van der Waals surface area (Å²) in [5, 5.41) is 5.58. The molecular formula is C22H26N2O4. The maximum absolute atomic E-state index is 12.1. The van der Waals surface area contributed by atoms with Crippen LogP contribution in [0.3, 0.4) is 0 Å². The van der Waals surface area contributed by atoms with E-state index in [4.69, 9.17) is 9.47 Å². The molecule has 1 aliphatic rings. The molecule has 0 radical (unpaired) electrons. The Balaban J connectivity index is 1.40. The van der Waals surface area contributed by atoms with Gasteiger partial charge in [0.2, 0.25) is 5.91 Å². The van der Waals surface area contributed by atoms with Crippen molar-refractivity contribution in [3.05, 3.63) is 53.1 Å². The van der Waals surface area contributed by atoms with Crippen molar-refractivity contribution in [2.75, 3.05) is 18.5 Å². The summed E-state index contributed by atoms with van der Waals surface area (Å²) in [6, 6.07) is 11.3. The van der Waals surface area contributed by atoms with Crippen molar-refractivity contribution in [1.82, 2.24) is 5.32 Å². The van der Waals surface area contributed by atoms with Gasteiger partial charge < -0.3 is 20.1 Å². The number of anilines is 1. The fraction of sp³-hybridized carbons (Fsp3) is 0.364. The van der Waals surface area contributed by atoms with E-state index in [1.807, 2.05) is 32.0 Å². The molecule has 0 saturated carbocycles. The fourth-order valence-corrected chi connectivity index (χ4v) is 3.10. The molecule has 6 nitrogen and oxygen atoms in total. The van der Waals surface area contributed by atoms with E-state index in [1.54, 1.807) is 12.1 Å². The first-order valence-electron chi connectivity index (χ1n) is 9.48. The largest absolute Gasteiger partial charge is 0.493 e. The predicted molar refractivity (Wildman–Crippen MR) is 108 cm³/mol. The summed E-state index contributed by atoms with van der Waals surface area (Å²) in [7, 11) is 0. The minimum atomic E-state index is -0.816. The number of carbonyl (C=O) groups excluding carboxylic acids is 2. The highest BCUT2D eigenvalue weighted by Crippen LogP contribution is 2.29. The predicted octanol–water partition coefficient (Wildman–Crippen LogP) is 3.29. The number of nitrogens with one attached hydrogen (secondary N) is 2. The molecular weight excluding hydrogens is 356 g/mol. The molecule has 0 unspecified atom stereocenters. The van der Waals surface area contributed by atoms with Gasteiger partial charge in [-0.25, -0.2) is 0 Å². The molecule has 2 amide bonds. The molecule has 0 aliphatic carbocycles. The van der Waals surface area contributed by atoms with E-state index in [1.165, 1.54) is 11.1 Å². The van der Waals surface area contributed by atoms with Gasteiger partial charge in [0, 0.05) is 6.54 Å². The quantitative estimate of drug-likeness (QED) is 0.721. The summed E-state index contributed by atoms with van der Waals surface area (Å²) < 4.78 is 11.5. The number of amides is 2. The Hall–Kier alpha value is -3.02. The van der Waals surface area contributed by atoms with Crippen molar-refractivity contribution < 1.29 is 19.1 Å². The molecule has 2 aromatic carbocycles. The van der Waals surface area contributed by atoms with E-state index in [9.17, 15) is 9.59 Å². The third-order valence-electron chi connectivity index (χ3n) is 4.74. The fourth-order valence-electron chi connectivity index (χ4n) is 3.10. The van der Waals surface area contributed by atoms with E-state index in [0.29, 0.717) is 31.0 Å². The molecule has 0 bridgehead atoms. The monoisotopic (exact) mass is 382 g/mol. The molecule has 0 spiro atoms. The SMILES string of the molecule is Cc1cc(C)c(C)c(OCCCNC(=O)C[C@H]2Oc3ccccc3NC2=O)c1. The molecule has 0 aromatic heterocycles. The zero-order chi connectivity index (χ0) is 20.1. The normalized spacial score (nSPS) is 15.2. The number of carbonyl (C=O) groups is 2. The Kier molecular flexibility index (Phi) is 6.19. The Labute approximate surface area is 165 Å². The van der Waals surface area contributed by atoms with E-state index in [2.05, 4.69) is 23.6 Å². The highest BCUT2D eigenvalue weighted by Gasteiger charge is 2.29. The lowest BCUT2D eigenvalue weighted by Gasteiger charge is -2.25. The lowest BCUT2D eigenvalue weighted by Crippen LogP contribution is -2.41. The van der Waals surface area contributed by atoms with Gasteiger partial charge in [-0.2, -0.15) is 0 Å². The van der Waals surface area contributed by atoms with E-state index in [-0.39, 0.29) is 18.2 Å². The Morgan fingerprint density at radius 3 is 2.82 bits per heavy atom. The molecule has 1 aliphatic heterocycles. The van der Waals surface area contributed by atoms with Crippen LogP contribution >= 0.6 is 0 Å². The van der Waals surface area contributed by atoms with Gasteiger partial charge >= 0.3 is 0 Å². The van der Waals surface area contributed by atoms with Crippen molar-refractivity contribution >= 4 is 17.5 Å². The van der Waals surface area contributed by atoms with Crippen molar-refractivity contribution in [1.29, 1.82) is 0 Å². The van der Waals surface area contributed by atoms with Crippen LogP contribution in [0.2, 0.25) is 0 Å². The molecule has 3 rings (SSSR count). The average Bonchev–Trinajstić information content (AvgIpc) is 2.65. The molecule has 28 heavy (non-hydrogen) atoms. The first-order chi connectivity index (χ1) is 13.4. The molecule has 0 fully saturated rings. The average molecular weight is 382 g/mol. The van der Waals surface area contributed by atoms with Gasteiger partial charge in [-0.15, -0.1) is 0 Å². The molecule has 148 valence electrons. The molecule has 2 aromatic rings. The van der Waals surface area contributed by atoms with Crippen LogP contribution < -0.4 is 20.1 Å². The van der Waals surface area contributed by atoms with E-state index in [0.717, 1.165) is 11.3 Å². The molecule has 1 heterocycles. The number of hydrogen-bond acceptors (Lipinski definition) is 4. The molecule has 0 saturated heterocycles. The van der Waals surface area contributed by atoms with Gasteiger partial charge in [0.15, 0.2) is 6.10 Å². The highest BCUT2D eigenvalue weighted by atomic mass is 16.5. The molecule has 1 atom stereocenters. The number of para-hydroxylation sites is 2. The number of benzene rings is 2. The summed E-state index contributed by atoms with van der Waals surface area (Å²) in [6.45, 7) is 7.14. The number of rotatable bonds is 7. The van der Waals surface area contributed by atoms with Crippen molar-refractivity contribution in [3.8, 4) is 11.5 Å². The minimum absolute atomic E-state index is 0.0167. The second kappa shape index (κ2) is 8.78. The smallest absolute Gasteiger partial charge is 0.266 e. The van der Waals surface area contributed by atoms with Crippen LogP contribution in [-0.4, -0.2) is 31.1 Å². The maximum Gasteiger partial charge on any atom is 0.266 e. The maximum atomic E-state index is 12.1. The standard InChI is InChI=1S/C22H26N2O4/c1-14-11-15(2)16(3)19(12-14)27-10-6-9-23-21(25)13-20-22(26)24-17-7-4-5-8-18(17)28-20/h4-5,7-8,11-12,20H,6,9-10,13H2,1-3H3,(H,23,25)(H,24,26)/t20-/m1/s1. The van der Waals surface area contributed by atoms with Gasteiger partial charge in [-0.05, 0) is 62.1 Å². The highest BCUT2D eigenvalue weighted by molar-refractivity contribution is 5.99. The number of ether oxygens (including phenoxy) is 2. The third kappa shape index (κ3) is 4.82. The lowest BCUT2D eigenvalue weighted by molar-refractivity contribution is -0.130. The Morgan fingerprint density at radius 2 is 2.00 bits per heavy atom. The van der Waals surface area contributed by atoms with Gasteiger partial charge in [-0.1, -0.05) is 18.2 Å². The number of fused-ring (bicyclic) bond motifs is 1. The Morgan fingerprint density at radius 1 is 1.21 bits per heavy atom. The summed E-state index contributed by atoms with van der Waals surface area (Å²) >= 11 is 0. The van der Waals surface area contributed by atoms with Crippen LogP contribution in [0, 0.1) is 20.8 Å². The van der Waals surface area contributed by atoms with Crippen molar-refractivity contribution in [3.63, 3.8) is 0 Å². The Bertz CT molecular complexity index is 879. The van der Waals surface area contributed by atoms with Crippen LogP contribution in [0.15, 0.2) is 36.4 Å². The minimum Gasteiger partial charge on any atom is -0.493 e. The van der Waals surface area contributed by atoms with Gasteiger partial charge in [-0.3, -0.25) is 9.59 Å². The summed E-state index contributed by atoms with van der Waals surface area (Å²) in [6.07, 6.45) is -0.153. The first kappa shape index (κ1) is 19.7. The van der Waals surface area contributed by atoms with Crippen LogP contribution in [0.5, 0.6) is 11.5 Å². The zero-order valence-corrected chi connectivity index (χ0v) is 16.5. The van der Waals surface area contributed by atoms with Crippen molar-refractivity contribution in [2.45, 2.75) is 39.7 Å². The number of hydrogen-bond donors (Lipinski definition) is 2. The van der Waals surface area contributed by atoms with Gasteiger partial charge in [0.25, 0.3) is 5.91 Å². The van der Waals surface area contributed by atoms with E-state index < -0.39 is 6.10 Å². The van der Waals surface area contributed by atoms with Gasteiger partial charge in [0.05, 0.1) is 18.7 Å². The first-order valence-corrected chi connectivity index (χ1v) is 9.48. The summed E-state index contributed by atoms with van der Waals surface area (Å²) in [5.41, 5.74) is 4.13. The molecule has 6 heteroatoms. The van der Waals surface area contributed by atoms with Gasteiger partial charge in [0.1, 0.15) is 11.5 Å². The lowest BCUT2D eigenvalue weighted by atomic mass is 10.1. The van der Waals surface area contributed by atoms with Crippen LogP contribution in [0.1, 0.15) is 29.5 Å². The van der Waals surface area contributed by atoms with Crippen LogP contribution in [0.25, 0.3) is 0 Å². The third-order valence-corrected chi connectivity index (χ3v) is 4.74. The zero-order valence-electron chi connectivity index (χ0n) is 16.5. The summed E-state index contributed by atoms with van der Waals surface area (Å²) in [5.74, 6) is 0.941. The number of aryl methyl sites for hydroxylation is 2. The second-order valence-corrected chi connectivity index (χ2v) is 7.05.